The lowest BCUT2D eigenvalue weighted by Gasteiger charge is -2.50. The van der Waals surface area contributed by atoms with E-state index >= 15 is 0 Å². The van der Waals surface area contributed by atoms with Gasteiger partial charge in [-0.25, -0.2) is 0 Å². The number of carbonyl (C=O) groups excluding carboxylic acids is 1. The summed E-state index contributed by atoms with van der Waals surface area (Å²) >= 11 is 0. The molecular weight excluding hydrogens is 304 g/mol. The third-order valence-electron chi connectivity index (χ3n) is 6.79. The van der Waals surface area contributed by atoms with Crippen molar-refractivity contribution in [1.29, 1.82) is 0 Å². The van der Waals surface area contributed by atoms with Crippen LogP contribution in [0.1, 0.15) is 58.8 Å². The fraction of sp³-hybridized carbons (Fsp3) is 0.895. The Labute approximate surface area is 145 Å². The average Bonchev–Trinajstić information content (AvgIpc) is 2.84. The molecule has 1 aliphatic heterocycles. The predicted octanol–water partition coefficient (Wildman–Crippen LogP) is 3.31. The smallest absolute Gasteiger partial charge is 0.302 e. The summed E-state index contributed by atoms with van der Waals surface area (Å²) in [5.74, 6) is 1.12. The number of hydrogen-bond acceptors (Lipinski definition) is 5. The summed E-state index contributed by atoms with van der Waals surface area (Å²) in [6.45, 7) is 5.97. The van der Waals surface area contributed by atoms with Crippen molar-refractivity contribution in [2.24, 2.45) is 28.3 Å². The molecule has 0 aromatic heterocycles. The number of nitrogens with zero attached hydrogens (tertiary/aromatic N) is 2. The molecule has 0 aromatic rings. The molecule has 1 heterocycles. The monoisotopic (exact) mass is 336 g/mol. The van der Waals surface area contributed by atoms with Crippen LogP contribution in [0.2, 0.25) is 0 Å². The van der Waals surface area contributed by atoms with Crippen molar-refractivity contribution in [2.75, 3.05) is 20.1 Å². The van der Waals surface area contributed by atoms with Crippen molar-refractivity contribution in [3.63, 3.8) is 0 Å². The second-order valence-corrected chi connectivity index (χ2v) is 8.38. The molecule has 3 rings (SSSR count). The number of carbonyl (C=O) groups is 1. The van der Waals surface area contributed by atoms with Crippen LogP contribution in [0.25, 0.3) is 0 Å². The summed E-state index contributed by atoms with van der Waals surface area (Å²) in [5.41, 5.74) is 0.932. The number of ether oxygens (including phenoxy) is 1. The van der Waals surface area contributed by atoms with Crippen molar-refractivity contribution >= 4 is 11.7 Å². The van der Waals surface area contributed by atoms with Gasteiger partial charge in [0.2, 0.25) is 0 Å². The molecule has 5 nitrogen and oxygen atoms in total. The number of hydrogen-bond donors (Lipinski definition) is 1. The Morgan fingerprint density at radius 1 is 1.33 bits per heavy atom. The highest BCUT2D eigenvalue weighted by atomic mass is 16.5. The Morgan fingerprint density at radius 3 is 2.79 bits per heavy atom. The highest BCUT2D eigenvalue weighted by Gasteiger charge is 2.60. The zero-order valence-corrected chi connectivity index (χ0v) is 15.3. The van der Waals surface area contributed by atoms with E-state index in [4.69, 9.17) is 4.74 Å². The number of esters is 1. The van der Waals surface area contributed by atoms with Gasteiger partial charge in [-0.2, -0.15) is 0 Å². The fourth-order valence-corrected chi connectivity index (χ4v) is 5.91. The summed E-state index contributed by atoms with van der Waals surface area (Å²) < 4.78 is 5.90. The standard InChI is InChI=1S/C19H32N2O3/c1-13-10-15-12-17(20-23)16-6-4-8-21(3)9-5-7-19(15,16)18(11-13)24-14(2)22/h13,15-16,18,23H,4-12H2,1-3H3/b20-17+/t13-,15+,16-,18+,19+/m1/s1. The van der Waals surface area contributed by atoms with E-state index in [2.05, 4.69) is 24.0 Å². The first kappa shape index (κ1) is 17.7. The molecule has 5 atom stereocenters. The minimum atomic E-state index is -0.174. The van der Waals surface area contributed by atoms with E-state index < -0.39 is 0 Å². The molecule has 136 valence electrons. The first-order chi connectivity index (χ1) is 11.5. The summed E-state index contributed by atoms with van der Waals surface area (Å²) in [7, 11) is 2.18. The van der Waals surface area contributed by atoms with Crippen molar-refractivity contribution in [1.82, 2.24) is 4.90 Å². The second kappa shape index (κ2) is 7.03. The van der Waals surface area contributed by atoms with Crippen molar-refractivity contribution in [3.8, 4) is 0 Å². The lowest BCUT2D eigenvalue weighted by Crippen LogP contribution is -2.50. The molecule has 0 aromatic carbocycles. The van der Waals surface area contributed by atoms with E-state index in [1.807, 2.05) is 0 Å². The molecule has 0 bridgehead atoms. The topological polar surface area (TPSA) is 62.1 Å². The third-order valence-corrected chi connectivity index (χ3v) is 6.79. The molecule has 2 saturated carbocycles. The maximum Gasteiger partial charge on any atom is 0.302 e. The van der Waals surface area contributed by atoms with E-state index in [0.29, 0.717) is 11.8 Å². The number of rotatable bonds is 1. The van der Waals surface area contributed by atoms with Gasteiger partial charge in [-0.05, 0) is 76.9 Å². The normalized spacial score (nSPS) is 42.5. The van der Waals surface area contributed by atoms with Gasteiger partial charge in [0.25, 0.3) is 0 Å². The van der Waals surface area contributed by atoms with Gasteiger partial charge in [0.15, 0.2) is 0 Å². The maximum atomic E-state index is 11.8. The van der Waals surface area contributed by atoms with E-state index in [-0.39, 0.29) is 23.4 Å². The molecule has 3 aliphatic rings. The molecule has 3 fully saturated rings. The molecular formula is C19H32N2O3. The second-order valence-electron chi connectivity index (χ2n) is 8.38. The van der Waals surface area contributed by atoms with Gasteiger partial charge in [-0.15, -0.1) is 0 Å². The summed E-state index contributed by atoms with van der Waals surface area (Å²) in [5, 5.41) is 13.4. The maximum absolute atomic E-state index is 11.8. The Morgan fingerprint density at radius 2 is 2.08 bits per heavy atom. The minimum absolute atomic E-state index is 0.0229. The molecule has 0 unspecified atom stereocenters. The molecule has 1 N–H and O–H groups in total. The molecule has 1 saturated heterocycles. The Bertz CT molecular complexity index is 507. The summed E-state index contributed by atoms with van der Waals surface area (Å²) in [6.07, 6.45) is 7.27. The quantitative estimate of drug-likeness (QED) is 0.453. The average molecular weight is 336 g/mol. The molecule has 0 radical (unpaired) electrons. The van der Waals surface area contributed by atoms with Crippen molar-refractivity contribution in [2.45, 2.75) is 64.9 Å². The SMILES string of the molecule is CC(=O)O[C@H]1C[C@H](C)C[C@H]2C/C(=N\O)[C@H]3CCCN(C)CCC[C@@]213. The molecule has 24 heavy (non-hydrogen) atoms. The minimum Gasteiger partial charge on any atom is -0.462 e. The fourth-order valence-electron chi connectivity index (χ4n) is 5.91. The lowest BCUT2D eigenvalue weighted by molar-refractivity contribution is -0.167. The van der Waals surface area contributed by atoms with Crippen LogP contribution in [-0.2, 0) is 9.53 Å². The lowest BCUT2D eigenvalue weighted by atomic mass is 9.57. The van der Waals surface area contributed by atoms with Crippen LogP contribution in [0.5, 0.6) is 0 Å². The van der Waals surface area contributed by atoms with Gasteiger partial charge in [0.1, 0.15) is 6.10 Å². The van der Waals surface area contributed by atoms with Crippen LogP contribution >= 0.6 is 0 Å². The Hall–Kier alpha value is -1.10. The van der Waals surface area contributed by atoms with Gasteiger partial charge < -0.3 is 14.8 Å². The molecule has 1 spiro atoms. The van der Waals surface area contributed by atoms with Crippen LogP contribution in [0.4, 0.5) is 0 Å². The van der Waals surface area contributed by atoms with E-state index in [9.17, 15) is 10.0 Å². The zero-order valence-electron chi connectivity index (χ0n) is 15.3. The van der Waals surface area contributed by atoms with Crippen LogP contribution in [-0.4, -0.2) is 48.0 Å². The van der Waals surface area contributed by atoms with Gasteiger partial charge in [-0.3, -0.25) is 4.79 Å². The van der Waals surface area contributed by atoms with E-state index in [1.54, 1.807) is 0 Å². The summed E-state index contributed by atoms with van der Waals surface area (Å²) in [4.78, 5) is 14.2. The van der Waals surface area contributed by atoms with Crippen LogP contribution in [0.3, 0.4) is 0 Å². The largest absolute Gasteiger partial charge is 0.462 e. The third kappa shape index (κ3) is 3.07. The predicted molar refractivity (Wildman–Crippen MR) is 93.2 cm³/mol. The Balaban J connectivity index is 2.00. The first-order valence-corrected chi connectivity index (χ1v) is 9.54. The van der Waals surface area contributed by atoms with E-state index in [1.165, 1.54) is 6.92 Å². The highest BCUT2D eigenvalue weighted by molar-refractivity contribution is 5.90. The zero-order chi connectivity index (χ0) is 17.3. The first-order valence-electron chi connectivity index (χ1n) is 9.54. The number of oxime groups is 1. The summed E-state index contributed by atoms with van der Waals surface area (Å²) in [6, 6.07) is 0. The van der Waals surface area contributed by atoms with Crippen molar-refractivity contribution < 1.29 is 14.7 Å². The van der Waals surface area contributed by atoms with Gasteiger partial charge in [0, 0.05) is 18.3 Å². The molecule has 2 aliphatic carbocycles. The van der Waals surface area contributed by atoms with Crippen LogP contribution in [0, 0.1) is 23.2 Å². The van der Waals surface area contributed by atoms with Crippen LogP contribution in [0.15, 0.2) is 5.16 Å². The van der Waals surface area contributed by atoms with Gasteiger partial charge >= 0.3 is 5.97 Å². The van der Waals surface area contributed by atoms with Crippen molar-refractivity contribution in [3.05, 3.63) is 0 Å². The molecule has 0 amide bonds. The molecule has 5 heteroatoms. The van der Waals surface area contributed by atoms with Crippen LogP contribution < -0.4 is 0 Å². The Kier molecular flexibility index (Phi) is 5.19. The van der Waals surface area contributed by atoms with E-state index in [0.717, 1.165) is 63.7 Å². The van der Waals surface area contributed by atoms with Gasteiger partial charge in [-0.1, -0.05) is 12.1 Å². The van der Waals surface area contributed by atoms with Gasteiger partial charge in [0.05, 0.1) is 5.71 Å². The highest BCUT2D eigenvalue weighted by Crippen LogP contribution is 2.60.